The maximum atomic E-state index is 13.6. The van der Waals surface area contributed by atoms with Gasteiger partial charge < -0.3 is 16.2 Å². The number of thiophene rings is 1. The fraction of sp³-hybridized carbons (Fsp3) is 0.115. The number of aliphatic hydroxyl groups is 1. The zero-order valence-corrected chi connectivity index (χ0v) is 22.6. The SMILES string of the molecule is CS(=O)(=O)ON(C(=O)Nc1cccc(F)c1)c1ccc(-c2csc3c(-c4cnn(CCO)c4)cnc(N)c23)cc1. The monoisotopic (exact) mass is 582 g/mol. The number of hydroxylamine groups is 1. The van der Waals surface area contributed by atoms with Crippen LogP contribution in [-0.4, -0.2) is 47.2 Å². The van der Waals surface area contributed by atoms with Crippen molar-refractivity contribution in [1.82, 2.24) is 14.8 Å². The number of carbonyl (C=O) groups excluding carboxylic acids is 1. The molecule has 206 valence electrons. The number of halogens is 1. The molecule has 14 heteroatoms. The Bertz CT molecular complexity index is 1800. The number of urea groups is 1. The minimum atomic E-state index is -4.09. The van der Waals surface area contributed by atoms with Gasteiger partial charge in [0, 0.05) is 44.9 Å². The number of anilines is 3. The van der Waals surface area contributed by atoms with Gasteiger partial charge in [0.2, 0.25) is 0 Å². The number of benzene rings is 2. The van der Waals surface area contributed by atoms with Crippen LogP contribution in [0.1, 0.15) is 0 Å². The van der Waals surface area contributed by atoms with E-state index in [4.69, 9.17) is 10.0 Å². The van der Waals surface area contributed by atoms with E-state index in [0.717, 1.165) is 44.7 Å². The van der Waals surface area contributed by atoms with Crippen LogP contribution in [0.5, 0.6) is 0 Å². The van der Waals surface area contributed by atoms with Gasteiger partial charge in [0.1, 0.15) is 11.6 Å². The van der Waals surface area contributed by atoms with Gasteiger partial charge in [0.05, 0.1) is 31.3 Å². The maximum absolute atomic E-state index is 13.6. The number of aliphatic hydroxyl groups excluding tert-OH is 1. The molecular formula is C26H23FN6O5S2. The lowest BCUT2D eigenvalue weighted by Gasteiger charge is -2.21. The highest BCUT2D eigenvalue weighted by Gasteiger charge is 2.23. The number of amides is 2. The summed E-state index contributed by atoms with van der Waals surface area (Å²) >= 11 is 1.48. The largest absolute Gasteiger partial charge is 0.394 e. The van der Waals surface area contributed by atoms with Crippen molar-refractivity contribution in [3.05, 3.63) is 78.3 Å². The summed E-state index contributed by atoms with van der Waals surface area (Å²) in [7, 11) is -4.09. The first-order valence-electron chi connectivity index (χ1n) is 11.8. The van der Waals surface area contributed by atoms with Gasteiger partial charge >= 0.3 is 6.03 Å². The first-order valence-corrected chi connectivity index (χ1v) is 14.5. The van der Waals surface area contributed by atoms with Crippen LogP contribution < -0.4 is 16.1 Å². The topological polar surface area (TPSA) is 153 Å². The second-order valence-corrected chi connectivity index (χ2v) is 11.1. The standard InChI is InChI=1S/C26H23FN6O5S2/c1-40(36,37)38-33(26(35)31-19-4-2-3-18(27)11-19)20-7-5-16(6-8-20)22-15-39-24-21(13-29-25(28)23(22)24)17-12-30-32(14-17)9-10-34/h2-8,11-15,34H,9-10H2,1H3,(H2,28,29)(H,31,35). The first-order chi connectivity index (χ1) is 19.1. The van der Waals surface area contributed by atoms with Gasteiger partial charge in [0.15, 0.2) is 0 Å². The fourth-order valence-electron chi connectivity index (χ4n) is 4.06. The molecule has 0 fully saturated rings. The van der Waals surface area contributed by atoms with E-state index in [2.05, 4.69) is 15.4 Å². The second-order valence-electron chi connectivity index (χ2n) is 8.69. The molecule has 0 saturated heterocycles. The molecule has 2 aromatic carbocycles. The molecule has 0 radical (unpaired) electrons. The van der Waals surface area contributed by atoms with E-state index in [1.165, 1.54) is 41.7 Å². The molecule has 0 unspecified atom stereocenters. The number of nitrogens with two attached hydrogens (primary N) is 1. The van der Waals surface area contributed by atoms with Crippen molar-refractivity contribution in [2.24, 2.45) is 0 Å². The summed E-state index contributed by atoms with van der Waals surface area (Å²) in [5.74, 6) is -0.241. The van der Waals surface area contributed by atoms with Crippen LogP contribution in [0.15, 0.2) is 72.5 Å². The number of nitrogens with one attached hydrogen (secondary N) is 1. The second kappa shape index (κ2) is 11.0. The molecule has 0 spiro atoms. The summed E-state index contributed by atoms with van der Waals surface area (Å²) in [4.78, 5) is 17.3. The number of aromatic nitrogens is 3. The lowest BCUT2D eigenvalue weighted by molar-refractivity contribution is 0.227. The molecule has 40 heavy (non-hydrogen) atoms. The van der Waals surface area contributed by atoms with Gasteiger partial charge in [-0.3, -0.25) is 4.68 Å². The number of hydrogen-bond acceptors (Lipinski definition) is 9. The Morgan fingerprint density at radius 1 is 1.18 bits per heavy atom. The number of nitrogen functional groups attached to an aromatic ring is 1. The van der Waals surface area contributed by atoms with Crippen LogP contribution in [0.25, 0.3) is 32.3 Å². The summed E-state index contributed by atoms with van der Waals surface area (Å²) in [6, 6.07) is 10.6. The molecule has 0 atom stereocenters. The van der Waals surface area contributed by atoms with Crippen molar-refractivity contribution >= 4 is 54.8 Å². The quantitative estimate of drug-likeness (QED) is 0.227. The normalized spacial score (nSPS) is 11.6. The van der Waals surface area contributed by atoms with Gasteiger partial charge in [-0.1, -0.05) is 18.2 Å². The molecule has 0 aliphatic heterocycles. The van der Waals surface area contributed by atoms with Crippen LogP contribution >= 0.6 is 11.3 Å². The number of carbonyl (C=O) groups is 1. The third kappa shape index (κ3) is 5.79. The zero-order valence-electron chi connectivity index (χ0n) is 21.0. The average molecular weight is 583 g/mol. The van der Waals surface area contributed by atoms with Crippen LogP contribution in [0, 0.1) is 5.82 Å². The lowest BCUT2D eigenvalue weighted by Crippen LogP contribution is -2.36. The molecule has 3 aromatic heterocycles. The summed E-state index contributed by atoms with van der Waals surface area (Å²) in [5, 5.41) is 19.1. The summed E-state index contributed by atoms with van der Waals surface area (Å²) in [5.41, 5.74) is 9.71. The first kappa shape index (κ1) is 27.2. The van der Waals surface area contributed by atoms with Crippen molar-refractivity contribution in [3.8, 4) is 22.3 Å². The highest BCUT2D eigenvalue weighted by Crippen LogP contribution is 2.42. The van der Waals surface area contributed by atoms with E-state index >= 15 is 0 Å². The predicted molar refractivity (Wildman–Crippen MR) is 152 cm³/mol. The molecule has 0 aliphatic carbocycles. The molecule has 3 heterocycles. The van der Waals surface area contributed by atoms with Crippen LogP contribution in [0.2, 0.25) is 0 Å². The Balaban J connectivity index is 1.48. The zero-order chi connectivity index (χ0) is 28.4. The highest BCUT2D eigenvalue weighted by molar-refractivity contribution is 7.86. The number of nitrogens with zero attached hydrogens (tertiary/aromatic N) is 4. The molecule has 0 aliphatic rings. The maximum Gasteiger partial charge on any atom is 0.351 e. The molecule has 5 aromatic rings. The Kier molecular flexibility index (Phi) is 7.49. The fourth-order valence-corrected chi connectivity index (χ4v) is 5.60. The molecular weight excluding hydrogens is 559 g/mol. The minimum Gasteiger partial charge on any atom is -0.394 e. The van der Waals surface area contributed by atoms with Crippen molar-refractivity contribution in [2.75, 3.05) is 29.0 Å². The van der Waals surface area contributed by atoms with E-state index in [0.29, 0.717) is 17.4 Å². The van der Waals surface area contributed by atoms with Gasteiger partial charge in [-0.15, -0.1) is 15.6 Å². The molecule has 5 rings (SSSR count). The molecule has 2 amide bonds. The van der Waals surface area contributed by atoms with Gasteiger partial charge in [0.25, 0.3) is 10.1 Å². The Labute approximate surface area is 232 Å². The summed E-state index contributed by atoms with van der Waals surface area (Å²) < 4.78 is 44.9. The van der Waals surface area contributed by atoms with Crippen molar-refractivity contribution < 1.29 is 27.0 Å². The van der Waals surface area contributed by atoms with Crippen LogP contribution in [0.4, 0.5) is 26.4 Å². The molecule has 11 nitrogen and oxygen atoms in total. The van der Waals surface area contributed by atoms with Gasteiger partial charge in [-0.2, -0.15) is 18.6 Å². The molecule has 0 bridgehead atoms. The van der Waals surface area contributed by atoms with Crippen molar-refractivity contribution in [2.45, 2.75) is 6.54 Å². The third-order valence-electron chi connectivity index (χ3n) is 5.78. The molecule has 0 saturated carbocycles. The van der Waals surface area contributed by atoms with Crippen molar-refractivity contribution in [3.63, 3.8) is 0 Å². The summed E-state index contributed by atoms with van der Waals surface area (Å²) in [6.45, 7) is 0.336. The van der Waals surface area contributed by atoms with Crippen molar-refractivity contribution in [1.29, 1.82) is 0 Å². The molecule has 4 N–H and O–H groups in total. The number of rotatable bonds is 8. The van der Waals surface area contributed by atoms with Crippen LogP contribution in [-0.2, 0) is 20.9 Å². The van der Waals surface area contributed by atoms with E-state index in [1.54, 1.807) is 29.2 Å². The van der Waals surface area contributed by atoms with Crippen LogP contribution in [0.3, 0.4) is 0 Å². The number of fused-ring (bicyclic) bond motifs is 1. The Hall–Kier alpha value is -4.37. The van der Waals surface area contributed by atoms with E-state index in [1.807, 2.05) is 11.6 Å². The number of pyridine rings is 1. The summed E-state index contributed by atoms with van der Waals surface area (Å²) in [6.07, 6.45) is 6.01. The van der Waals surface area contributed by atoms with E-state index < -0.39 is 22.0 Å². The van der Waals surface area contributed by atoms with E-state index in [9.17, 15) is 22.7 Å². The number of hydrogen-bond donors (Lipinski definition) is 3. The predicted octanol–water partition coefficient (Wildman–Crippen LogP) is 4.47. The highest BCUT2D eigenvalue weighted by atomic mass is 32.2. The Morgan fingerprint density at radius 3 is 2.65 bits per heavy atom. The smallest absolute Gasteiger partial charge is 0.351 e. The third-order valence-corrected chi connectivity index (χ3v) is 7.21. The lowest BCUT2D eigenvalue weighted by atomic mass is 10.0. The Morgan fingerprint density at radius 2 is 1.95 bits per heavy atom. The minimum absolute atomic E-state index is 0.0330. The van der Waals surface area contributed by atoms with Gasteiger partial charge in [-0.25, -0.2) is 14.2 Å². The van der Waals surface area contributed by atoms with E-state index in [-0.39, 0.29) is 18.0 Å². The average Bonchev–Trinajstić information content (AvgIpc) is 3.56. The van der Waals surface area contributed by atoms with Gasteiger partial charge in [-0.05, 0) is 41.3 Å².